The number of pyridine rings is 1. The molecule has 190 valence electrons. The Labute approximate surface area is 216 Å². The topological polar surface area (TPSA) is 81.5 Å². The second kappa shape index (κ2) is 12.6. The molecule has 1 saturated heterocycles. The summed E-state index contributed by atoms with van der Waals surface area (Å²) in [5.74, 6) is 1.99. The molecule has 0 radical (unpaired) electrons. The maximum absolute atomic E-state index is 13.1. The Kier molecular flexibility index (Phi) is 8.97. The normalized spacial score (nSPS) is 14.1. The Morgan fingerprint density at radius 2 is 2.06 bits per heavy atom. The molecule has 0 unspecified atom stereocenters. The number of benzene rings is 1. The van der Waals surface area contributed by atoms with E-state index < -0.39 is 0 Å². The van der Waals surface area contributed by atoms with Crippen molar-refractivity contribution in [3.05, 3.63) is 71.4 Å². The van der Waals surface area contributed by atoms with Gasteiger partial charge in [0, 0.05) is 43.5 Å². The van der Waals surface area contributed by atoms with Crippen LogP contribution in [0.4, 0.5) is 5.82 Å². The number of nitrogens with one attached hydrogen (secondary N) is 1. The summed E-state index contributed by atoms with van der Waals surface area (Å²) < 4.78 is 12.9. The zero-order valence-electron chi connectivity index (χ0n) is 20.7. The van der Waals surface area contributed by atoms with Crippen LogP contribution in [0.5, 0.6) is 5.75 Å². The van der Waals surface area contributed by atoms with Crippen molar-refractivity contribution >= 4 is 29.4 Å². The molecule has 3 aromatic rings. The standard InChI is InChI=1S/C27H32ClN5O3/c1-20-18-33(19-31-20)24-7-5-21(15-25(24)35-2)14-23(4-3-9-28)27(34)30-17-22-6-8-26(29-16-22)32-10-12-36-13-11-32/h5-8,14-16,18-19H,3-4,9-13,17H2,1-2H3,(H,30,34). The first kappa shape index (κ1) is 25.7. The number of imidazole rings is 1. The Balaban J connectivity index is 1.45. The molecule has 1 aromatic carbocycles. The average molecular weight is 510 g/mol. The predicted molar refractivity (Wildman–Crippen MR) is 142 cm³/mol. The van der Waals surface area contributed by atoms with Crippen molar-refractivity contribution in [1.82, 2.24) is 19.9 Å². The predicted octanol–water partition coefficient (Wildman–Crippen LogP) is 4.14. The van der Waals surface area contributed by atoms with Crippen molar-refractivity contribution in [2.45, 2.75) is 26.3 Å². The van der Waals surface area contributed by atoms with Crippen LogP contribution in [0.15, 0.2) is 54.6 Å². The minimum atomic E-state index is -0.120. The molecule has 1 fully saturated rings. The van der Waals surface area contributed by atoms with Gasteiger partial charge in [0.1, 0.15) is 11.6 Å². The van der Waals surface area contributed by atoms with Crippen LogP contribution in [-0.2, 0) is 16.1 Å². The van der Waals surface area contributed by atoms with Gasteiger partial charge in [-0.25, -0.2) is 9.97 Å². The van der Waals surface area contributed by atoms with Crippen molar-refractivity contribution < 1.29 is 14.3 Å². The third-order valence-corrected chi connectivity index (χ3v) is 6.27. The number of aromatic nitrogens is 3. The molecule has 9 heteroatoms. The Morgan fingerprint density at radius 1 is 1.22 bits per heavy atom. The monoisotopic (exact) mass is 509 g/mol. The summed E-state index contributed by atoms with van der Waals surface area (Å²) in [6.07, 6.45) is 8.69. The number of amides is 1. The summed E-state index contributed by atoms with van der Waals surface area (Å²) in [4.78, 5) is 24.1. The van der Waals surface area contributed by atoms with Gasteiger partial charge in [0.15, 0.2) is 0 Å². The molecule has 0 bridgehead atoms. The van der Waals surface area contributed by atoms with Gasteiger partial charge >= 0.3 is 0 Å². The minimum Gasteiger partial charge on any atom is -0.495 e. The van der Waals surface area contributed by atoms with Gasteiger partial charge in [0.25, 0.3) is 0 Å². The van der Waals surface area contributed by atoms with Gasteiger partial charge < -0.3 is 24.3 Å². The van der Waals surface area contributed by atoms with Crippen molar-refractivity contribution in [3.63, 3.8) is 0 Å². The number of aryl methyl sites for hydroxylation is 1. The van der Waals surface area contributed by atoms with E-state index in [0.29, 0.717) is 49.8 Å². The summed E-state index contributed by atoms with van der Waals surface area (Å²) in [5.41, 5.74) is 4.30. The number of alkyl halides is 1. The molecule has 36 heavy (non-hydrogen) atoms. The lowest BCUT2D eigenvalue weighted by Gasteiger charge is -2.27. The summed E-state index contributed by atoms with van der Waals surface area (Å²) >= 11 is 5.94. The molecular weight excluding hydrogens is 478 g/mol. The van der Waals surface area contributed by atoms with Gasteiger partial charge in [0.05, 0.1) is 38.0 Å². The van der Waals surface area contributed by atoms with E-state index in [9.17, 15) is 4.79 Å². The number of ether oxygens (including phenoxy) is 2. The molecule has 4 rings (SSSR count). The first-order chi connectivity index (χ1) is 17.6. The third-order valence-electron chi connectivity index (χ3n) is 6.00. The van der Waals surface area contributed by atoms with Crippen molar-refractivity contribution in [2.24, 2.45) is 0 Å². The van der Waals surface area contributed by atoms with Crippen LogP contribution in [0.1, 0.15) is 29.7 Å². The van der Waals surface area contributed by atoms with E-state index in [1.54, 1.807) is 13.4 Å². The van der Waals surface area contributed by atoms with Crippen LogP contribution in [0.3, 0.4) is 0 Å². The fraction of sp³-hybridized carbons (Fsp3) is 0.370. The molecule has 0 saturated carbocycles. The number of methoxy groups -OCH3 is 1. The van der Waals surface area contributed by atoms with Crippen molar-refractivity contribution in [1.29, 1.82) is 0 Å². The molecule has 1 N–H and O–H groups in total. The number of morpholine rings is 1. The number of nitrogens with zero attached hydrogens (tertiary/aromatic N) is 4. The lowest BCUT2D eigenvalue weighted by atomic mass is 10.0. The number of carbonyl (C=O) groups excluding carboxylic acids is 1. The summed E-state index contributed by atoms with van der Waals surface area (Å²) in [6.45, 7) is 5.45. The second-order valence-corrected chi connectivity index (χ2v) is 9.00. The lowest BCUT2D eigenvalue weighted by Crippen LogP contribution is -2.36. The van der Waals surface area contributed by atoms with E-state index in [0.717, 1.165) is 41.4 Å². The van der Waals surface area contributed by atoms with Crippen LogP contribution in [0.2, 0.25) is 0 Å². The Bertz CT molecular complexity index is 1190. The summed E-state index contributed by atoms with van der Waals surface area (Å²) in [7, 11) is 1.63. The first-order valence-electron chi connectivity index (χ1n) is 12.1. The largest absolute Gasteiger partial charge is 0.495 e. The number of rotatable bonds is 10. The molecule has 8 nitrogen and oxygen atoms in total. The number of halogens is 1. The molecule has 1 amide bonds. The molecule has 0 spiro atoms. The average Bonchev–Trinajstić information content (AvgIpc) is 3.36. The summed E-state index contributed by atoms with van der Waals surface area (Å²) in [6, 6.07) is 9.85. The molecule has 3 heterocycles. The van der Waals surface area contributed by atoms with E-state index in [4.69, 9.17) is 21.1 Å². The number of hydrogen-bond donors (Lipinski definition) is 1. The van der Waals surface area contributed by atoms with Crippen molar-refractivity contribution in [3.8, 4) is 11.4 Å². The SMILES string of the molecule is COc1cc(C=C(CCCCl)C(=O)NCc2ccc(N3CCOCC3)nc2)ccc1-n1cnc(C)c1. The molecule has 1 aliphatic heterocycles. The fourth-order valence-corrected chi connectivity index (χ4v) is 4.19. The Morgan fingerprint density at radius 3 is 2.72 bits per heavy atom. The van der Waals surface area contributed by atoms with Gasteiger partial charge in [0.2, 0.25) is 5.91 Å². The van der Waals surface area contributed by atoms with Gasteiger partial charge in [-0.05, 0) is 55.2 Å². The molecule has 0 aliphatic carbocycles. The second-order valence-electron chi connectivity index (χ2n) is 8.62. The lowest BCUT2D eigenvalue weighted by molar-refractivity contribution is -0.117. The highest BCUT2D eigenvalue weighted by atomic mass is 35.5. The van der Waals surface area contributed by atoms with Crippen molar-refractivity contribution in [2.75, 3.05) is 44.2 Å². The highest BCUT2D eigenvalue weighted by Crippen LogP contribution is 2.26. The summed E-state index contributed by atoms with van der Waals surface area (Å²) in [5, 5.41) is 3.03. The zero-order chi connectivity index (χ0) is 25.3. The highest BCUT2D eigenvalue weighted by molar-refractivity contribution is 6.17. The van der Waals surface area contributed by atoms with Crippen LogP contribution < -0.4 is 15.0 Å². The number of hydrogen-bond acceptors (Lipinski definition) is 6. The van der Waals surface area contributed by atoms with Gasteiger partial charge in [-0.15, -0.1) is 11.6 Å². The van der Waals surface area contributed by atoms with E-state index in [1.807, 2.05) is 60.3 Å². The fourth-order valence-electron chi connectivity index (χ4n) is 4.06. The quantitative estimate of drug-likeness (QED) is 0.327. The maximum Gasteiger partial charge on any atom is 0.247 e. The maximum atomic E-state index is 13.1. The van der Waals surface area contributed by atoms with Gasteiger partial charge in [-0.3, -0.25) is 4.79 Å². The minimum absolute atomic E-state index is 0.120. The molecule has 0 atom stereocenters. The van der Waals surface area contributed by atoms with E-state index in [2.05, 4.69) is 20.2 Å². The van der Waals surface area contributed by atoms with E-state index >= 15 is 0 Å². The third kappa shape index (κ3) is 6.65. The molecule has 2 aromatic heterocycles. The Hall–Kier alpha value is -3.36. The van der Waals surface area contributed by atoms with E-state index in [-0.39, 0.29) is 5.91 Å². The molecular formula is C27H32ClN5O3. The van der Waals surface area contributed by atoms with Gasteiger partial charge in [-0.1, -0.05) is 12.1 Å². The van der Waals surface area contributed by atoms with Crippen LogP contribution >= 0.6 is 11.6 Å². The highest BCUT2D eigenvalue weighted by Gasteiger charge is 2.14. The smallest absolute Gasteiger partial charge is 0.247 e. The first-order valence-corrected chi connectivity index (χ1v) is 12.6. The molecule has 1 aliphatic rings. The number of carbonyl (C=O) groups is 1. The van der Waals surface area contributed by atoms with Crippen LogP contribution in [0, 0.1) is 6.92 Å². The van der Waals surface area contributed by atoms with Gasteiger partial charge in [-0.2, -0.15) is 0 Å². The van der Waals surface area contributed by atoms with Crippen LogP contribution in [0.25, 0.3) is 11.8 Å². The van der Waals surface area contributed by atoms with E-state index in [1.165, 1.54) is 0 Å². The zero-order valence-corrected chi connectivity index (χ0v) is 21.5. The number of anilines is 1. The van der Waals surface area contributed by atoms with Crippen LogP contribution in [-0.4, -0.2) is 59.7 Å².